The third kappa shape index (κ3) is 5.06. The standard InChI is InChI=1S/C25H30N2O4S2/c1-16(2)33(29,30)21-9-7-19(8-10-21)15-22(28)27-13-11-20(12-14-27)31-25-26-23-17(3)5-6-18(4)24(23)32-25/h5-10,16,20H,11-15H2,1-4H3. The normalized spacial score (nSPS) is 15.4. The van der Waals surface area contributed by atoms with Crippen molar-refractivity contribution in [1.29, 1.82) is 0 Å². The Balaban J connectivity index is 1.32. The minimum atomic E-state index is -3.30. The summed E-state index contributed by atoms with van der Waals surface area (Å²) < 4.78 is 31.9. The van der Waals surface area contributed by atoms with Crippen LogP contribution in [-0.2, 0) is 21.1 Å². The van der Waals surface area contributed by atoms with Crippen LogP contribution in [0.4, 0.5) is 0 Å². The number of thiazole rings is 1. The molecule has 0 saturated carbocycles. The van der Waals surface area contributed by atoms with Crippen molar-refractivity contribution in [2.75, 3.05) is 13.1 Å². The molecule has 2 aromatic carbocycles. The monoisotopic (exact) mass is 486 g/mol. The van der Waals surface area contributed by atoms with Gasteiger partial charge in [-0.05, 0) is 56.5 Å². The topological polar surface area (TPSA) is 76.6 Å². The van der Waals surface area contributed by atoms with Crippen LogP contribution >= 0.6 is 11.3 Å². The number of likely N-dealkylation sites (tertiary alicyclic amines) is 1. The lowest BCUT2D eigenvalue weighted by Crippen LogP contribution is -2.42. The van der Waals surface area contributed by atoms with Crippen LogP contribution < -0.4 is 4.74 Å². The zero-order valence-corrected chi connectivity index (χ0v) is 21.1. The summed E-state index contributed by atoms with van der Waals surface area (Å²) in [7, 11) is -3.30. The van der Waals surface area contributed by atoms with Crippen molar-refractivity contribution >= 4 is 37.3 Å². The van der Waals surface area contributed by atoms with E-state index in [0.717, 1.165) is 29.5 Å². The Hall–Kier alpha value is -2.45. The van der Waals surface area contributed by atoms with E-state index in [9.17, 15) is 13.2 Å². The number of aryl methyl sites for hydroxylation is 2. The molecule has 0 atom stereocenters. The Bertz CT molecular complexity index is 1220. The van der Waals surface area contributed by atoms with Crippen molar-refractivity contribution in [1.82, 2.24) is 9.88 Å². The van der Waals surface area contributed by atoms with Crippen molar-refractivity contribution in [2.24, 2.45) is 0 Å². The lowest BCUT2D eigenvalue weighted by atomic mass is 10.1. The maximum absolute atomic E-state index is 12.8. The molecule has 0 bridgehead atoms. The van der Waals surface area contributed by atoms with Crippen molar-refractivity contribution in [3.8, 4) is 5.19 Å². The zero-order chi connectivity index (χ0) is 23.8. The zero-order valence-electron chi connectivity index (χ0n) is 19.5. The molecule has 0 aliphatic carbocycles. The molecule has 0 spiro atoms. The molecule has 4 rings (SSSR count). The summed E-state index contributed by atoms with van der Waals surface area (Å²) in [5.41, 5.74) is 4.19. The Morgan fingerprint density at radius 1 is 1.09 bits per heavy atom. The molecule has 0 radical (unpaired) electrons. The van der Waals surface area contributed by atoms with Crippen LogP contribution in [0.1, 0.15) is 43.4 Å². The number of ether oxygens (including phenoxy) is 1. The second-order valence-electron chi connectivity index (χ2n) is 8.97. The molecule has 1 fully saturated rings. The highest BCUT2D eigenvalue weighted by Crippen LogP contribution is 2.33. The third-order valence-corrected chi connectivity index (χ3v) is 9.46. The van der Waals surface area contributed by atoms with E-state index in [1.54, 1.807) is 49.4 Å². The van der Waals surface area contributed by atoms with E-state index < -0.39 is 15.1 Å². The second-order valence-corrected chi connectivity index (χ2v) is 12.4. The van der Waals surface area contributed by atoms with Gasteiger partial charge in [-0.2, -0.15) is 0 Å². The Morgan fingerprint density at radius 2 is 1.73 bits per heavy atom. The van der Waals surface area contributed by atoms with Crippen LogP contribution in [0.3, 0.4) is 0 Å². The predicted octanol–water partition coefficient (Wildman–Crippen LogP) is 4.71. The van der Waals surface area contributed by atoms with Gasteiger partial charge in [0.1, 0.15) is 6.10 Å². The number of sulfone groups is 1. The number of nitrogens with zero attached hydrogens (tertiary/aromatic N) is 2. The largest absolute Gasteiger partial charge is 0.467 e. The number of fused-ring (bicyclic) bond motifs is 1. The van der Waals surface area contributed by atoms with Crippen LogP contribution in [0, 0.1) is 13.8 Å². The first-order chi connectivity index (χ1) is 15.6. The number of carbonyl (C=O) groups excluding carboxylic acids is 1. The van der Waals surface area contributed by atoms with E-state index in [1.807, 2.05) is 4.90 Å². The average molecular weight is 487 g/mol. The van der Waals surface area contributed by atoms with Gasteiger partial charge >= 0.3 is 0 Å². The summed E-state index contributed by atoms with van der Waals surface area (Å²) in [6.45, 7) is 8.77. The molecule has 1 aromatic heterocycles. The van der Waals surface area contributed by atoms with Gasteiger partial charge in [-0.15, -0.1) is 0 Å². The number of benzene rings is 2. The highest BCUT2D eigenvalue weighted by atomic mass is 32.2. The fraction of sp³-hybridized carbons (Fsp3) is 0.440. The Morgan fingerprint density at radius 3 is 2.33 bits per heavy atom. The first-order valence-electron chi connectivity index (χ1n) is 11.3. The molecule has 1 aliphatic rings. The summed E-state index contributed by atoms with van der Waals surface area (Å²) in [5, 5.41) is 0.230. The number of rotatable bonds is 6. The number of hydrogen-bond acceptors (Lipinski definition) is 6. The van der Waals surface area contributed by atoms with Gasteiger partial charge in [-0.25, -0.2) is 13.4 Å². The first-order valence-corrected chi connectivity index (χ1v) is 13.7. The maximum Gasteiger partial charge on any atom is 0.274 e. The van der Waals surface area contributed by atoms with E-state index in [-0.39, 0.29) is 18.4 Å². The van der Waals surface area contributed by atoms with E-state index in [0.29, 0.717) is 23.2 Å². The fourth-order valence-electron chi connectivity index (χ4n) is 4.01. The van der Waals surface area contributed by atoms with Crippen LogP contribution in [0.25, 0.3) is 10.2 Å². The van der Waals surface area contributed by atoms with Gasteiger partial charge in [0, 0.05) is 25.9 Å². The first kappa shape index (κ1) is 23.7. The van der Waals surface area contributed by atoms with Crippen molar-refractivity contribution < 1.29 is 17.9 Å². The number of piperidine rings is 1. The molecular formula is C25H30N2O4S2. The predicted molar refractivity (Wildman–Crippen MR) is 132 cm³/mol. The van der Waals surface area contributed by atoms with Crippen LogP contribution in [0.5, 0.6) is 5.19 Å². The summed E-state index contributed by atoms with van der Waals surface area (Å²) in [5.74, 6) is 0.0548. The van der Waals surface area contributed by atoms with Gasteiger partial charge < -0.3 is 9.64 Å². The molecule has 2 heterocycles. The highest BCUT2D eigenvalue weighted by Gasteiger charge is 2.25. The van der Waals surface area contributed by atoms with Crippen LogP contribution in [0.2, 0.25) is 0 Å². The fourth-order valence-corrected chi connectivity index (χ4v) is 6.10. The lowest BCUT2D eigenvalue weighted by molar-refractivity contribution is -0.132. The Labute approximate surface area is 199 Å². The third-order valence-electron chi connectivity index (χ3n) is 6.21. The minimum Gasteiger partial charge on any atom is -0.467 e. The molecule has 0 unspecified atom stereocenters. The van der Waals surface area contributed by atoms with Gasteiger partial charge in [0.15, 0.2) is 9.84 Å². The molecular weight excluding hydrogens is 456 g/mol. The lowest BCUT2D eigenvalue weighted by Gasteiger charge is -2.31. The maximum atomic E-state index is 12.8. The molecule has 0 N–H and O–H groups in total. The van der Waals surface area contributed by atoms with Crippen LogP contribution in [0.15, 0.2) is 41.3 Å². The Kier molecular flexibility index (Phi) is 6.77. The molecule has 8 heteroatoms. The highest BCUT2D eigenvalue weighted by molar-refractivity contribution is 7.92. The van der Waals surface area contributed by atoms with Crippen molar-refractivity contribution in [3.63, 3.8) is 0 Å². The van der Waals surface area contributed by atoms with E-state index in [1.165, 1.54) is 10.3 Å². The SMILES string of the molecule is Cc1ccc(C)c2sc(OC3CCN(C(=O)Cc4ccc(S(=O)(=O)C(C)C)cc4)CC3)nc12. The molecule has 1 saturated heterocycles. The quantitative estimate of drug-likeness (QED) is 0.504. The molecule has 176 valence electrons. The average Bonchev–Trinajstić information content (AvgIpc) is 3.22. The summed E-state index contributed by atoms with van der Waals surface area (Å²) >= 11 is 1.59. The molecule has 1 amide bonds. The number of hydrogen-bond donors (Lipinski definition) is 0. The van der Waals surface area contributed by atoms with Crippen LogP contribution in [-0.4, -0.2) is 48.7 Å². The van der Waals surface area contributed by atoms with Crippen molar-refractivity contribution in [2.45, 2.75) is 63.2 Å². The summed E-state index contributed by atoms with van der Waals surface area (Å²) in [4.78, 5) is 19.6. The van der Waals surface area contributed by atoms with Gasteiger partial charge in [-0.3, -0.25) is 4.79 Å². The van der Waals surface area contributed by atoms with Gasteiger partial charge in [-0.1, -0.05) is 35.6 Å². The van der Waals surface area contributed by atoms with E-state index >= 15 is 0 Å². The summed E-state index contributed by atoms with van der Waals surface area (Å²) in [6.07, 6.45) is 1.86. The van der Waals surface area contributed by atoms with Crippen molar-refractivity contribution in [3.05, 3.63) is 53.1 Å². The summed E-state index contributed by atoms with van der Waals surface area (Å²) in [6, 6.07) is 10.9. The second kappa shape index (κ2) is 9.43. The minimum absolute atomic E-state index is 0.0516. The van der Waals surface area contributed by atoms with Gasteiger partial charge in [0.05, 0.1) is 26.8 Å². The van der Waals surface area contributed by atoms with Gasteiger partial charge in [0.2, 0.25) is 5.91 Å². The molecule has 33 heavy (non-hydrogen) atoms. The number of carbonyl (C=O) groups is 1. The molecule has 3 aromatic rings. The van der Waals surface area contributed by atoms with E-state index in [4.69, 9.17) is 4.74 Å². The number of aromatic nitrogens is 1. The molecule has 6 nitrogen and oxygen atoms in total. The van der Waals surface area contributed by atoms with Gasteiger partial charge in [0.25, 0.3) is 5.19 Å². The molecule has 1 aliphatic heterocycles. The smallest absolute Gasteiger partial charge is 0.274 e. The van der Waals surface area contributed by atoms with E-state index in [2.05, 4.69) is 31.0 Å². The number of amides is 1.